The van der Waals surface area contributed by atoms with E-state index in [1.165, 1.54) is 18.4 Å². The van der Waals surface area contributed by atoms with Crippen LogP contribution in [0.3, 0.4) is 0 Å². The monoisotopic (exact) mass is 384 g/mol. The zero-order chi connectivity index (χ0) is 20.7. The molecule has 0 unspecified atom stereocenters. The number of carboxylic acid groups (broad SMARTS) is 2. The number of methoxy groups -OCH3 is 2. The summed E-state index contributed by atoms with van der Waals surface area (Å²) in [6, 6.07) is 5.99. The van der Waals surface area contributed by atoms with E-state index in [0.717, 1.165) is 50.5 Å². The van der Waals surface area contributed by atoms with Gasteiger partial charge in [-0.2, -0.15) is 0 Å². The maximum atomic E-state index is 9.10. The molecule has 1 aromatic carbocycles. The van der Waals surface area contributed by atoms with E-state index in [1.807, 2.05) is 12.1 Å². The van der Waals surface area contributed by atoms with Crippen LogP contribution in [0.5, 0.6) is 11.5 Å². The number of benzene rings is 1. The van der Waals surface area contributed by atoms with Crippen molar-refractivity contribution in [3.05, 3.63) is 23.8 Å². The highest BCUT2D eigenvalue weighted by molar-refractivity contribution is 6.27. The molecule has 1 rings (SSSR count). The third kappa shape index (κ3) is 11.1. The quantitative estimate of drug-likeness (QED) is 0.390. The molecule has 27 heavy (non-hydrogen) atoms. The van der Waals surface area contributed by atoms with Crippen molar-refractivity contribution in [2.24, 2.45) is 5.73 Å². The van der Waals surface area contributed by atoms with Gasteiger partial charge in [0.15, 0.2) is 0 Å². The minimum absolute atomic E-state index is 0.781. The summed E-state index contributed by atoms with van der Waals surface area (Å²) in [5.74, 6) is -1.82. The van der Waals surface area contributed by atoms with Gasteiger partial charge in [-0.05, 0) is 69.1 Å². The van der Waals surface area contributed by atoms with Crippen molar-refractivity contribution in [1.82, 2.24) is 4.90 Å². The van der Waals surface area contributed by atoms with Gasteiger partial charge in [0.05, 0.1) is 14.2 Å². The summed E-state index contributed by atoms with van der Waals surface area (Å²) in [7, 11) is 3.41. The van der Waals surface area contributed by atoms with Crippen LogP contribution < -0.4 is 15.2 Å². The van der Waals surface area contributed by atoms with Gasteiger partial charge in [0.1, 0.15) is 11.5 Å². The highest BCUT2D eigenvalue weighted by Crippen LogP contribution is 2.24. The van der Waals surface area contributed by atoms with Crippen LogP contribution in [0.25, 0.3) is 0 Å². The Bertz CT molecular complexity index is 553. The molecule has 8 nitrogen and oxygen atoms in total. The van der Waals surface area contributed by atoms with E-state index in [2.05, 4.69) is 17.9 Å². The average Bonchev–Trinajstić information content (AvgIpc) is 2.66. The Morgan fingerprint density at radius 3 is 2.19 bits per heavy atom. The average molecular weight is 384 g/mol. The number of hydrogen-bond acceptors (Lipinski definition) is 6. The smallest absolute Gasteiger partial charge is 0.414 e. The number of carboxylic acids is 2. The highest BCUT2D eigenvalue weighted by Gasteiger charge is 2.09. The third-order valence-electron chi connectivity index (χ3n) is 3.84. The first kappa shape index (κ1) is 24.7. The predicted molar refractivity (Wildman–Crippen MR) is 104 cm³/mol. The molecule has 0 aromatic heterocycles. The maximum absolute atomic E-state index is 9.10. The summed E-state index contributed by atoms with van der Waals surface area (Å²) in [6.07, 6.45) is 4.43. The molecule has 0 aliphatic carbocycles. The number of carbonyl (C=O) groups is 2. The summed E-state index contributed by atoms with van der Waals surface area (Å²) in [5.41, 5.74) is 6.78. The Balaban J connectivity index is 0.000000972. The van der Waals surface area contributed by atoms with Crippen LogP contribution in [0, 0.1) is 0 Å². The minimum Gasteiger partial charge on any atom is -0.497 e. The molecule has 0 atom stereocenters. The first-order valence-corrected chi connectivity index (χ1v) is 8.99. The van der Waals surface area contributed by atoms with Crippen molar-refractivity contribution in [1.29, 1.82) is 0 Å². The van der Waals surface area contributed by atoms with Crippen molar-refractivity contribution in [2.75, 3.05) is 40.4 Å². The lowest BCUT2D eigenvalue weighted by molar-refractivity contribution is -0.159. The molecule has 0 saturated heterocycles. The number of rotatable bonds is 11. The number of nitrogens with two attached hydrogens (primary N) is 1. The number of aliphatic carboxylic acids is 2. The molecule has 0 heterocycles. The van der Waals surface area contributed by atoms with Crippen molar-refractivity contribution >= 4 is 11.9 Å². The summed E-state index contributed by atoms with van der Waals surface area (Å²) in [5, 5.41) is 14.8. The fourth-order valence-corrected chi connectivity index (χ4v) is 2.49. The van der Waals surface area contributed by atoms with E-state index in [4.69, 9.17) is 35.0 Å². The molecule has 1 aromatic rings. The minimum atomic E-state index is -1.82. The van der Waals surface area contributed by atoms with Crippen LogP contribution in [0.15, 0.2) is 18.2 Å². The molecule has 0 aliphatic heterocycles. The topological polar surface area (TPSA) is 122 Å². The fourth-order valence-electron chi connectivity index (χ4n) is 2.49. The third-order valence-corrected chi connectivity index (χ3v) is 3.84. The first-order chi connectivity index (χ1) is 12.9. The van der Waals surface area contributed by atoms with E-state index < -0.39 is 11.9 Å². The lowest BCUT2D eigenvalue weighted by Gasteiger charge is -2.22. The Labute approximate surface area is 160 Å². The van der Waals surface area contributed by atoms with Gasteiger partial charge in [-0.15, -0.1) is 0 Å². The Morgan fingerprint density at radius 2 is 1.70 bits per heavy atom. The molecule has 0 radical (unpaired) electrons. The standard InChI is InChI=1S/C17H30N2O2.C2H2O4/c1-4-11-19(12-6-5-10-18)13-9-15-14-16(20-2)7-8-17(15)21-3;3-1(4)2(5)6/h7-8,14H,4-6,9-13,18H2,1-3H3;(H,3,4)(H,5,6). The molecule has 0 fully saturated rings. The van der Waals surface area contributed by atoms with E-state index in [0.29, 0.717) is 0 Å². The molecule has 0 amide bonds. The van der Waals surface area contributed by atoms with Crippen LogP contribution in [0.4, 0.5) is 0 Å². The largest absolute Gasteiger partial charge is 0.497 e. The summed E-state index contributed by atoms with van der Waals surface area (Å²) >= 11 is 0. The predicted octanol–water partition coefficient (Wildman–Crippen LogP) is 1.85. The molecule has 0 spiro atoms. The molecular weight excluding hydrogens is 352 g/mol. The van der Waals surface area contributed by atoms with Crippen LogP contribution in [0.1, 0.15) is 31.7 Å². The maximum Gasteiger partial charge on any atom is 0.414 e. The van der Waals surface area contributed by atoms with Gasteiger partial charge >= 0.3 is 11.9 Å². The highest BCUT2D eigenvalue weighted by atomic mass is 16.5. The van der Waals surface area contributed by atoms with Crippen molar-refractivity contribution in [2.45, 2.75) is 32.6 Å². The second-order valence-corrected chi connectivity index (χ2v) is 5.88. The number of hydrogen-bond donors (Lipinski definition) is 3. The number of nitrogens with zero attached hydrogens (tertiary/aromatic N) is 1. The molecule has 0 saturated carbocycles. The van der Waals surface area contributed by atoms with Crippen LogP contribution >= 0.6 is 0 Å². The van der Waals surface area contributed by atoms with Gasteiger partial charge in [0, 0.05) is 6.54 Å². The lowest BCUT2D eigenvalue weighted by atomic mass is 10.1. The van der Waals surface area contributed by atoms with Crippen molar-refractivity contribution < 1.29 is 29.3 Å². The van der Waals surface area contributed by atoms with E-state index in [9.17, 15) is 0 Å². The van der Waals surface area contributed by atoms with Gasteiger partial charge in [0.2, 0.25) is 0 Å². The normalized spacial score (nSPS) is 10.1. The zero-order valence-corrected chi connectivity index (χ0v) is 16.4. The SMILES string of the molecule is CCCN(CCCCN)CCc1cc(OC)ccc1OC.O=C(O)C(=O)O. The Morgan fingerprint density at radius 1 is 1.04 bits per heavy atom. The van der Waals surface area contributed by atoms with Gasteiger partial charge in [-0.3, -0.25) is 0 Å². The fraction of sp³-hybridized carbons (Fsp3) is 0.579. The van der Waals surface area contributed by atoms with Crippen molar-refractivity contribution in [3.63, 3.8) is 0 Å². The summed E-state index contributed by atoms with van der Waals surface area (Å²) < 4.78 is 10.8. The number of unbranched alkanes of at least 4 members (excludes halogenated alkanes) is 1. The van der Waals surface area contributed by atoms with Crippen LogP contribution in [0.2, 0.25) is 0 Å². The molecule has 154 valence electrons. The molecule has 4 N–H and O–H groups in total. The van der Waals surface area contributed by atoms with Crippen LogP contribution in [-0.4, -0.2) is 67.5 Å². The van der Waals surface area contributed by atoms with Gasteiger partial charge in [0.25, 0.3) is 0 Å². The molecular formula is C19H32N2O6. The van der Waals surface area contributed by atoms with Gasteiger partial charge < -0.3 is 30.3 Å². The van der Waals surface area contributed by atoms with Gasteiger partial charge in [-0.25, -0.2) is 9.59 Å². The van der Waals surface area contributed by atoms with E-state index in [1.54, 1.807) is 14.2 Å². The molecule has 8 heteroatoms. The molecule has 0 bridgehead atoms. The van der Waals surface area contributed by atoms with Gasteiger partial charge in [-0.1, -0.05) is 6.92 Å². The zero-order valence-electron chi connectivity index (χ0n) is 16.4. The second-order valence-electron chi connectivity index (χ2n) is 5.88. The molecule has 0 aliphatic rings. The van der Waals surface area contributed by atoms with Crippen molar-refractivity contribution in [3.8, 4) is 11.5 Å². The lowest BCUT2D eigenvalue weighted by Crippen LogP contribution is -2.28. The Hall–Kier alpha value is -2.32. The number of ether oxygens (including phenoxy) is 2. The second kappa shape index (κ2) is 14.8. The summed E-state index contributed by atoms with van der Waals surface area (Å²) in [6.45, 7) is 6.31. The van der Waals surface area contributed by atoms with Crippen LogP contribution in [-0.2, 0) is 16.0 Å². The van der Waals surface area contributed by atoms with E-state index in [-0.39, 0.29) is 0 Å². The van der Waals surface area contributed by atoms with E-state index >= 15 is 0 Å². The summed E-state index contributed by atoms with van der Waals surface area (Å²) in [4.78, 5) is 20.7. The first-order valence-electron chi connectivity index (χ1n) is 8.99. The Kier molecular flexibility index (Phi) is 13.5.